The molecule has 176 valence electrons. The Morgan fingerprint density at radius 1 is 1.00 bits per heavy atom. The van der Waals surface area contributed by atoms with Gasteiger partial charge in [0.05, 0.1) is 6.42 Å². The lowest BCUT2D eigenvalue weighted by molar-refractivity contribution is 0.0850. The number of rotatable bonds is 4. The Labute approximate surface area is 193 Å². The van der Waals surface area contributed by atoms with E-state index in [9.17, 15) is 8.78 Å². The number of anilines is 1. The number of hydrogen-bond acceptors (Lipinski definition) is 9. The molecule has 10 nitrogen and oxygen atoms in total. The highest BCUT2D eigenvalue weighted by Gasteiger charge is 2.31. The zero-order valence-corrected chi connectivity index (χ0v) is 18.3. The molecule has 2 aromatic heterocycles. The van der Waals surface area contributed by atoms with Crippen LogP contribution >= 0.6 is 0 Å². The first-order valence-corrected chi connectivity index (χ1v) is 11.4. The minimum Gasteiger partial charge on any atom is -0.386 e. The fourth-order valence-corrected chi connectivity index (χ4v) is 4.94. The van der Waals surface area contributed by atoms with Gasteiger partial charge in [0.25, 0.3) is 0 Å². The Kier molecular flexibility index (Phi) is 5.27. The molecule has 2 N–H and O–H groups in total. The van der Waals surface area contributed by atoms with Crippen LogP contribution in [0.5, 0.6) is 0 Å². The molecule has 4 heterocycles. The third-order valence-corrected chi connectivity index (χ3v) is 6.79. The predicted octanol–water partition coefficient (Wildman–Crippen LogP) is 2.50. The molecule has 0 saturated carbocycles. The van der Waals surface area contributed by atoms with Crippen molar-refractivity contribution in [3.63, 3.8) is 0 Å². The van der Waals surface area contributed by atoms with Gasteiger partial charge in [0.1, 0.15) is 5.84 Å². The fourth-order valence-electron chi connectivity index (χ4n) is 4.94. The van der Waals surface area contributed by atoms with Gasteiger partial charge in [-0.3, -0.25) is 0 Å². The molecule has 1 saturated heterocycles. The summed E-state index contributed by atoms with van der Waals surface area (Å²) in [7, 11) is 0. The van der Waals surface area contributed by atoms with Crippen molar-refractivity contribution in [2.45, 2.75) is 50.2 Å². The Bertz CT molecular complexity index is 1160. The van der Waals surface area contributed by atoms with Gasteiger partial charge in [-0.25, -0.2) is 18.7 Å². The summed E-state index contributed by atoms with van der Waals surface area (Å²) in [5, 5.41) is 21.9. The molecule has 12 heteroatoms. The average Bonchev–Trinajstić information content (AvgIpc) is 3.61. The summed E-state index contributed by atoms with van der Waals surface area (Å²) < 4.78 is 27.0. The predicted molar refractivity (Wildman–Crippen MR) is 117 cm³/mol. The van der Waals surface area contributed by atoms with Crippen LogP contribution in [0.4, 0.5) is 14.7 Å². The molecular weight excluding hydrogens is 444 g/mol. The fraction of sp³-hybridized carbons (Fsp3) is 0.455. The Morgan fingerprint density at radius 2 is 1.71 bits per heavy atom. The average molecular weight is 467 g/mol. The van der Waals surface area contributed by atoms with Crippen molar-refractivity contribution >= 4 is 11.8 Å². The number of benzene rings is 1. The van der Waals surface area contributed by atoms with Crippen molar-refractivity contribution in [2.75, 3.05) is 18.4 Å². The molecule has 1 aromatic carbocycles. The Hall–Kier alpha value is -3.70. The van der Waals surface area contributed by atoms with E-state index in [-0.39, 0.29) is 12.1 Å². The highest BCUT2D eigenvalue weighted by molar-refractivity contribution is 5.83. The molecule has 2 aliphatic heterocycles. The third kappa shape index (κ3) is 4.03. The number of aromatic nitrogens is 6. The van der Waals surface area contributed by atoms with E-state index in [0.29, 0.717) is 31.1 Å². The number of amidine groups is 1. The van der Waals surface area contributed by atoms with Crippen LogP contribution in [-0.2, 0) is 17.7 Å². The molecule has 6 rings (SSSR count). The van der Waals surface area contributed by atoms with Gasteiger partial charge in [-0.2, -0.15) is 5.21 Å². The summed E-state index contributed by atoms with van der Waals surface area (Å²) in [5.41, 5.74) is 2.49. The van der Waals surface area contributed by atoms with Crippen LogP contribution in [-0.4, -0.2) is 60.5 Å². The maximum atomic E-state index is 13.5. The van der Waals surface area contributed by atoms with E-state index in [0.717, 1.165) is 54.3 Å². The second kappa shape index (κ2) is 8.58. The number of H-pyrrole nitrogens is 1. The quantitative estimate of drug-likeness (QED) is 0.601. The number of nitrogens with zero attached hydrogens (tertiary/aromatic N) is 7. The number of nitrogens with one attached hydrogen (secondary N) is 2. The van der Waals surface area contributed by atoms with E-state index in [1.807, 2.05) is 0 Å². The van der Waals surface area contributed by atoms with Gasteiger partial charge in [-0.1, -0.05) is 10.4 Å². The first-order valence-electron chi connectivity index (χ1n) is 11.4. The number of tetrazole rings is 1. The van der Waals surface area contributed by atoms with Crippen molar-refractivity contribution in [3.8, 4) is 0 Å². The zero-order valence-electron chi connectivity index (χ0n) is 18.3. The van der Waals surface area contributed by atoms with Crippen LogP contribution < -0.4 is 5.32 Å². The first-order chi connectivity index (χ1) is 16.6. The van der Waals surface area contributed by atoms with Crippen molar-refractivity contribution in [2.24, 2.45) is 5.16 Å². The van der Waals surface area contributed by atoms with Gasteiger partial charge in [0.15, 0.2) is 23.6 Å². The van der Waals surface area contributed by atoms with Gasteiger partial charge in [-0.05, 0) is 48.9 Å². The molecular formula is C22H23F2N9O. The Balaban J connectivity index is 1.02. The lowest BCUT2D eigenvalue weighted by Gasteiger charge is -2.31. The SMILES string of the molecule is Fc1cc2c(cc1F)CC(Nc1ncc(C3CC(N4CCC(c5nn[nH]n5)CC4)=NO3)cn1)C2. The molecule has 0 radical (unpaired) electrons. The number of hydrogen-bond donors (Lipinski definition) is 2. The van der Waals surface area contributed by atoms with E-state index in [1.54, 1.807) is 12.4 Å². The van der Waals surface area contributed by atoms with Gasteiger partial charge >= 0.3 is 0 Å². The largest absolute Gasteiger partial charge is 0.386 e. The van der Waals surface area contributed by atoms with Crippen LogP contribution in [0.3, 0.4) is 0 Å². The monoisotopic (exact) mass is 467 g/mol. The summed E-state index contributed by atoms with van der Waals surface area (Å²) in [4.78, 5) is 16.8. The number of aromatic amines is 1. The zero-order chi connectivity index (χ0) is 23.1. The van der Waals surface area contributed by atoms with E-state index < -0.39 is 11.6 Å². The van der Waals surface area contributed by atoms with E-state index in [2.05, 4.69) is 46.0 Å². The number of likely N-dealkylation sites (tertiary alicyclic amines) is 1. The lowest BCUT2D eigenvalue weighted by Crippen LogP contribution is -2.37. The van der Waals surface area contributed by atoms with Crippen LogP contribution in [0.25, 0.3) is 0 Å². The number of halogens is 2. The minimum absolute atomic E-state index is 0.00454. The minimum atomic E-state index is -0.811. The highest BCUT2D eigenvalue weighted by Crippen LogP contribution is 2.32. The van der Waals surface area contributed by atoms with Crippen LogP contribution in [0.1, 0.15) is 53.8 Å². The third-order valence-electron chi connectivity index (χ3n) is 6.79. The molecule has 1 unspecified atom stereocenters. The van der Waals surface area contributed by atoms with E-state index in [1.165, 1.54) is 12.1 Å². The Morgan fingerprint density at radius 3 is 2.35 bits per heavy atom. The molecule has 1 aliphatic carbocycles. The second-order valence-corrected chi connectivity index (χ2v) is 8.96. The van der Waals surface area contributed by atoms with Crippen LogP contribution in [0.2, 0.25) is 0 Å². The summed E-state index contributed by atoms with van der Waals surface area (Å²) in [6, 6.07) is 2.55. The lowest BCUT2D eigenvalue weighted by atomic mass is 9.95. The molecule has 3 aliphatic rings. The second-order valence-electron chi connectivity index (χ2n) is 8.96. The topological polar surface area (TPSA) is 117 Å². The number of piperidine rings is 1. The van der Waals surface area contributed by atoms with E-state index in [4.69, 9.17) is 4.84 Å². The van der Waals surface area contributed by atoms with Crippen molar-refractivity contribution in [3.05, 3.63) is 58.7 Å². The molecule has 1 fully saturated rings. The molecule has 34 heavy (non-hydrogen) atoms. The standard InChI is InChI=1S/C22H23F2N9O/c23-17-7-13-5-16(6-14(13)8-18(17)24)27-22-25-10-15(11-26-22)19-9-20(30-34-19)33-3-1-12(2-4-33)21-28-31-32-29-21/h7-8,10-12,16,19H,1-6,9H2,(H,25,26,27)(H,28,29,31,32). The first kappa shape index (κ1) is 20.9. The summed E-state index contributed by atoms with van der Waals surface area (Å²) >= 11 is 0. The van der Waals surface area contributed by atoms with Crippen molar-refractivity contribution in [1.82, 2.24) is 35.5 Å². The van der Waals surface area contributed by atoms with Crippen molar-refractivity contribution < 1.29 is 13.6 Å². The summed E-state index contributed by atoms with van der Waals surface area (Å²) in [6.07, 6.45) is 7.01. The van der Waals surface area contributed by atoms with Crippen molar-refractivity contribution in [1.29, 1.82) is 0 Å². The smallest absolute Gasteiger partial charge is 0.222 e. The highest BCUT2D eigenvalue weighted by atomic mass is 19.2. The van der Waals surface area contributed by atoms with Gasteiger partial charge in [0.2, 0.25) is 5.95 Å². The maximum absolute atomic E-state index is 13.5. The van der Waals surface area contributed by atoms with Crippen LogP contribution in [0, 0.1) is 11.6 Å². The number of fused-ring (bicyclic) bond motifs is 1. The molecule has 0 spiro atoms. The van der Waals surface area contributed by atoms with Crippen LogP contribution in [0.15, 0.2) is 29.7 Å². The summed E-state index contributed by atoms with van der Waals surface area (Å²) in [5.74, 6) is 0.873. The van der Waals surface area contributed by atoms with E-state index >= 15 is 0 Å². The van der Waals surface area contributed by atoms with Gasteiger partial charge in [-0.15, -0.1) is 10.2 Å². The molecule has 3 aromatic rings. The molecule has 0 amide bonds. The number of oxime groups is 1. The van der Waals surface area contributed by atoms with Gasteiger partial charge in [0, 0.05) is 43.0 Å². The normalized spacial score (nSPS) is 20.8. The molecule has 1 atom stereocenters. The maximum Gasteiger partial charge on any atom is 0.222 e. The van der Waals surface area contributed by atoms with Gasteiger partial charge < -0.3 is 15.1 Å². The molecule has 0 bridgehead atoms. The summed E-state index contributed by atoms with van der Waals surface area (Å²) in [6.45, 7) is 1.73.